The molecule has 0 saturated heterocycles. The zero-order chi connectivity index (χ0) is 23.5. The van der Waals surface area contributed by atoms with E-state index in [1.165, 1.54) is 25.5 Å². The number of hydrogen-bond donors (Lipinski definition) is 1. The standard InChI is InChI=1S/C19H24N4O7S/c1-7-29-18(25)13-9(3)15(19(26)30-8-2)31-17(13)20-16(24)12(6)22-11(5)14(23(27)28)10(4)21-22/h12H,7-8H2,1-6H3,(H,20,24)/t12-/m0/s1. The molecule has 0 unspecified atom stereocenters. The van der Waals surface area contributed by atoms with Crippen molar-refractivity contribution < 1.29 is 28.8 Å². The highest BCUT2D eigenvalue weighted by atomic mass is 32.1. The van der Waals surface area contributed by atoms with E-state index < -0.39 is 28.8 Å². The lowest BCUT2D eigenvalue weighted by molar-refractivity contribution is -0.386. The number of nitrogens with zero attached hydrogens (tertiary/aromatic N) is 3. The number of thiophene rings is 1. The minimum absolute atomic E-state index is 0.0646. The average Bonchev–Trinajstić information content (AvgIpc) is 3.17. The number of aryl methyl sites for hydroxylation is 1. The Balaban J connectivity index is 2.42. The van der Waals surface area contributed by atoms with Crippen molar-refractivity contribution >= 4 is 39.9 Å². The van der Waals surface area contributed by atoms with Crippen LogP contribution in [0, 0.1) is 30.9 Å². The number of anilines is 1. The van der Waals surface area contributed by atoms with Crippen molar-refractivity contribution in [1.29, 1.82) is 0 Å². The van der Waals surface area contributed by atoms with Gasteiger partial charge in [-0.3, -0.25) is 19.6 Å². The lowest BCUT2D eigenvalue weighted by Gasteiger charge is -2.14. The first-order valence-electron chi connectivity index (χ1n) is 9.53. The molecule has 0 spiro atoms. The summed E-state index contributed by atoms with van der Waals surface area (Å²) >= 11 is 0.902. The third-order valence-electron chi connectivity index (χ3n) is 4.54. The maximum absolute atomic E-state index is 12.9. The topological polar surface area (TPSA) is 143 Å². The van der Waals surface area contributed by atoms with Crippen molar-refractivity contribution in [2.24, 2.45) is 0 Å². The molecular formula is C19H24N4O7S. The van der Waals surface area contributed by atoms with E-state index >= 15 is 0 Å². The Morgan fingerprint density at radius 2 is 1.74 bits per heavy atom. The Hall–Kier alpha value is -3.28. The second kappa shape index (κ2) is 9.69. The molecule has 0 aliphatic carbocycles. The second-order valence-corrected chi connectivity index (χ2v) is 7.61. The van der Waals surface area contributed by atoms with Crippen LogP contribution in [0.5, 0.6) is 0 Å². The molecule has 2 rings (SSSR count). The molecule has 0 bridgehead atoms. The van der Waals surface area contributed by atoms with Crippen LogP contribution in [0.4, 0.5) is 10.7 Å². The minimum atomic E-state index is -0.920. The zero-order valence-corrected chi connectivity index (χ0v) is 18.9. The summed E-state index contributed by atoms with van der Waals surface area (Å²) < 4.78 is 11.3. The van der Waals surface area contributed by atoms with Gasteiger partial charge in [-0.05, 0) is 47.1 Å². The van der Waals surface area contributed by atoms with E-state index in [4.69, 9.17) is 9.47 Å². The van der Waals surface area contributed by atoms with Crippen LogP contribution in [0.15, 0.2) is 0 Å². The van der Waals surface area contributed by atoms with Crippen LogP contribution in [-0.4, -0.2) is 45.8 Å². The van der Waals surface area contributed by atoms with Gasteiger partial charge in [-0.1, -0.05) is 0 Å². The molecule has 0 radical (unpaired) electrons. The highest BCUT2D eigenvalue weighted by Gasteiger charge is 2.30. The molecule has 2 aromatic rings. The number of amides is 1. The molecule has 2 aromatic heterocycles. The van der Waals surface area contributed by atoms with E-state index in [0.717, 1.165) is 11.3 Å². The van der Waals surface area contributed by atoms with Crippen LogP contribution in [0.25, 0.3) is 0 Å². The summed E-state index contributed by atoms with van der Waals surface area (Å²) in [5.74, 6) is -1.86. The number of carbonyl (C=O) groups excluding carboxylic acids is 3. The predicted molar refractivity (Wildman–Crippen MR) is 113 cm³/mol. The molecule has 31 heavy (non-hydrogen) atoms. The van der Waals surface area contributed by atoms with Gasteiger partial charge in [0, 0.05) is 0 Å². The SMILES string of the molecule is CCOC(=O)c1sc(NC(=O)[C@H](C)n2nc(C)c([N+](=O)[O-])c2C)c(C(=O)OCC)c1C. The first-order chi connectivity index (χ1) is 14.5. The Labute approximate surface area is 182 Å². The summed E-state index contributed by atoms with van der Waals surface area (Å²) in [6, 6.07) is -0.920. The Morgan fingerprint density at radius 3 is 2.26 bits per heavy atom. The van der Waals surface area contributed by atoms with Gasteiger partial charge in [0.2, 0.25) is 5.91 Å². The van der Waals surface area contributed by atoms with E-state index in [0.29, 0.717) is 5.56 Å². The summed E-state index contributed by atoms with van der Waals surface area (Å²) in [6.07, 6.45) is 0. The Bertz CT molecular complexity index is 1040. The van der Waals surface area contributed by atoms with Crippen LogP contribution in [0.1, 0.15) is 63.8 Å². The molecular weight excluding hydrogens is 428 g/mol. The molecule has 1 atom stereocenters. The van der Waals surface area contributed by atoms with Gasteiger partial charge in [0.15, 0.2) is 0 Å². The third-order valence-corrected chi connectivity index (χ3v) is 5.73. The molecule has 1 amide bonds. The Morgan fingerprint density at radius 1 is 1.16 bits per heavy atom. The van der Waals surface area contributed by atoms with E-state index in [-0.39, 0.29) is 45.7 Å². The largest absolute Gasteiger partial charge is 0.462 e. The van der Waals surface area contributed by atoms with Gasteiger partial charge in [0.25, 0.3) is 0 Å². The molecule has 12 heteroatoms. The minimum Gasteiger partial charge on any atom is -0.462 e. The van der Waals surface area contributed by atoms with Gasteiger partial charge in [-0.2, -0.15) is 5.10 Å². The summed E-state index contributed by atoms with van der Waals surface area (Å²) in [6.45, 7) is 9.64. The van der Waals surface area contributed by atoms with Crippen LogP contribution in [-0.2, 0) is 14.3 Å². The molecule has 168 valence electrons. The zero-order valence-electron chi connectivity index (χ0n) is 18.1. The molecule has 0 saturated carbocycles. The quantitative estimate of drug-likeness (QED) is 0.365. The Kier molecular flexibility index (Phi) is 7.50. The summed E-state index contributed by atoms with van der Waals surface area (Å²) in [7, 11) is 0. The van der Waals surface area contributed by atoms with Gasteiger partial charge >= 0.3 is 17.6 Å². The van der Waals surface area contributed by atoms with Crippen molar-refractivity contribution in [3.05, 3.63) is 37.5 Å². The highest BCUT2D eigenvalue weighted by Crippen LogP contribution is 2.35. The third kappa shape index (κ3) is 4.74. The van der Waals surface area contributed by atoms with Gasteiger partial charge in [-0.15, -0.1) is 11.3 Å². The summed E-state index contributed by atoms with van der Waals surface area (Å²) in [4.78, 5) is 48.5. The van der Waals surface area contributed by atoms with E-state index in [2.05, 4.69) is 10.4 Å². The van der Waals surface area contributed by atoms with Crippen LogP contribution in [0.3, 0.4) is 0 Å². The number of aromatic nitrogens is 2. The maximum atomic E-state index is 12.9. The highest BCUT2D eigenvalue weighted by molar-refractivity contribution is 7.18. The number of carbonyl (C=O) groups is 3. The second-order valence-electron chi connectivity index (χ2n) is 6.59. The first-order valence-corrected chi connectivity index (χ1v) is 10.3. The van der Waals surface area contributed by atoms with Crippen molar-refractivity contribution in [3.8, 4) is 0 Å². The summed E-state index contributed by atoms with van der Waals surface area (Å²) in [5.41, 5.74) is 0.654. The van der Waals surface area contributed by atoms with Gasteiger partial charge < -0.3 is 14.8 Å². The lowest BCUT2D eigenvalue weighted by Crippen LogP contribution is -2.25. The number of nitro groups is 1. The van der Waals surface area contributed by atoms with E-state index in [9.17, 15) is 24.5 Å². The number of ether oxygens (including phenoxy) is 2. The summed E-state index contributed by atoms with van der Waals surface area (Å²) in [5, 5.41) is 18.1. The van der Waals surface area contributed by atoms with Crippen LogP contribution < -0.4 is 5.32 Å². The molecule has 2 heterocycles. The average molecular weight is 452 g/mol. The maximum Gasteiger partial charge on any atom is 0.348 e. The number of hydrogen-bond acceptors (Lipinski definition) is 9. The smallest absolute Gasteiger partial charge is 0.348 e. The van der Waals surface area contributed by atoms with Gasteiger partial charge in [0.05, 0.1) is 23.7 Å². The lowest BCUT2D eigenvalue weighted by atomic mass is 10.1. The van der Waals surface area contributed by atoms with Crippen molar-refractivity contribution in [1.82, 2.24) is 9.78 Å². The molecule has 1 N–H and O–H groups in total. The van der Waals surface area contributed by atoms with Crippen molar-refractivity contribution in [2.45, 2.75) is 47.6 Å². The fourth-order valence-electron chi connectivity index (χ4n) is 3.06. The molecule has 0 aromatic carbocycles. The molecule has 0 fully saturated rings. The van der Waals surface area contributed by atoms with Crippen molar-refractivity contribution in [2.75, 3.05) is 18.5 Å². The fourth-order valence-corrected chi connectivity index (χ4v) is 4.16. The number of esters is 2. The monoisotopic (exact) mass is 452 g/mol. The number of rotatable bonds is 8. The van der Waals surface area contributed by atoms with Crippen LogP contribution in [0.2, 0.25) is 0 Å². The van der Waals surface area contributed by atoms with Gasteiger partial charge in [-0.25, -0.2) is 9.59 Å². The molecule has 11 nitrogen and oxygen atoms in total. The normalized spacial score (nSPS) is 11.7. The first kappa shape index (κ1) is 24.0. The predicted octanol–water partition coefficient (Wildman–Crippen LogP) is 3.33. The van der Waals surface area contributed by atoms with E-state index in [1.807, 2.05) is 0 Å². The van der Waals surface area contributed by atoms with Crippen molar-refractivity contribution in [3.63, 3.8) is 0 Å². The number of nitrogens with one attached hydrogen (secondary N) is 1. The molecule has 0 aliphatic rings. The van der Waals surface area contributed by atoms with Gasteiger partial charge in [0.1, 0.15) is 27.3 Å². The van der Waals surface area contributed by atoms with E-state index in [1.54, 1.807) is 20.8 Å². The molecule has 0 aliphatic heterocycles. The van der Waals surface area contributed by atoms with Crippen LogP contribution >= 0.6 is 11.3 Å². The fraction of sp³-hybridized carbons (Fsp3) is 0.474.